The van der Waals surface area contributed by atoms with E-state index in [4.69, 9.17) is 4.74 Å². The van der Waals surface area contributed by atoms with E-state index in [-0.39, 0.29) is 18.2 Å². The van der Waals surface area contributed by atoms with Gasteiger partial charge in [0.05, 0.1) is 13.2 Å². The maximum atomic E-state index is 12.4. The summed E-state index contributed by atoms with van der Waals surface area (Å²) in [7, 11) is 0. The molecule has 0 unspecified atom stereocenters. The van der Waals surface area contributed by atoms with Crippen molar-refractivity contribution in [1.82, 2.24) is 5.32 Å². The van der Waals surface area contributed by atoms with E-state index in [2.05, 4.69) is 19.2 Å². The van der Waals surface area contributed by atoms with Crippen molar-refractivity contribution in [3.05, 3.63) is 42.0 Å². The normalized spacial score (nSPS) is 11.0. The first-order chi connectivity index (χ1) is 16.1. The average molecular weight is 454 g/mol. The fourth-order valence-electron chi connectivity index (χ4n) is 4.00. The van der Waals surface area contributed by atoms with Gasteiger partial charge in [0.15, 0.2) is 5.78 Å². The van der Waals surface area contributed by atoms with E-state index in [1.807, 2.05) is 36.4 Å². The SMILES string of the molecule is CCCCCCCCCCOc1ccc2cc(C(=O)NCC(=O)CCCCCC)ccc2c1. The maximum absolute atomic E-state index is 12.4. The van der Waals surface area contributed by atoms with Gasteiger partial charge in [0, 0.05) is 12.0 Å². The maximum Gasteiger partial charge on any atom is 0.251 e. The van der Waals surface area contributed by atoms with E-state index in [0.717, 1.165) is 55.2 Å². The summed E-state index contributed by atoms with van der Waals surface area (Å²) in [6.07, 6.45) is 15.1. The predicted molar refractivity (Wildman–Crippen MR) is 138 cm³/mol. The van der Waals surface area contributed by atoms with E-state index in [1.54, 1.807) is 0 Å². The number of carbonyl (C=O) groups excluding carboxylic acids is 2. The summed E-state index contributed by atoms with van der Waals surface area (Å²) < 4.78 is 5.93. The van der Waals surface area contributed by atoms with Crippen molar-refractivity contribution in [1.29, 1.82) is 0 Å². The lowest BCUT2D eigenvalue weighted by molar-refractivity contribution is -0.118. The first kappa shape index (κ1) is 26.9. The quantitative estimate of drug-likeness (QED) is 0.236. The van der Waals surface area contributed by atoms with Crippen LogP contribution in [0, 0.1) is 0 Å². The zero-order chi connectivity index (χ0) is 23.7. The van der Waals surface area contributed by atoms with Crippen LogP contribution in [0.3, 0.4) is 0 Å². The standard InChI is InChI=1S/C29H43NO3/c1-3-5-7-9-10-11-12-14-20-33-28-19-18-24-21-26(17-16-25(24)22-28)29(32)30-23-27(31)15-13-8-6-4-2/h16-19,21-22H,3-15,20,23H2,1-2H3,(H,30,32). The number of hydrogen-bond donors (Lipinski definition) is 1. The number of hydrogen-bond acceptors (Lipinski definition) is 3. The van der Waals surface area contributed by atoms with E-state index >= 15 is 0 Å². The van der Waals surface area contributed by atoms with Gasteiger partial charge in [-0.25, -0.2) is 0 Å². The van der Waals surface area contributed by atoms with Gasteiger partial charge < -0.3 is 10.1 Å². The number of fused-ring (bicyclic) bond motifs is 1. The van der Waals surface area contributed by atoms with Gasteiger partial charge in [-0.1, -0.05) is 90.2 Å². The lowest BCUT2D eigenvalue weighted by Crippen LogP contribution is -2.29. The summed E-state index contributed by atoms with van der Waals surface area (Å²) in [5, 5.41) is 4.80. The average Bonchev–Trinajstić information content (AvgIpc) is 2.83. The molecule has 2 rings (SSSR count). The number of rotatable bonds is 18. The molecular formula is C29H43NO3. The van der Waals surface area contributed by atoms with Gasteiger partial charge in [-0.2, -0.15) is 0 Å². The minimum Gasteiger partial charge on any atom is -0.494 e. The van der Waals surface area contributed by atoms with Gasteiger partial charge in [0.2, 0.25) is 0 Å². The molecule has 0 saturated heterocycles. The van der Waals surface area contributed by atoms with Crippen LogP contribution in [0.1, 0.15) is 108 Å². The summed E-state index contributed by atoms with van der Waals surface area (Å²) in [6, 6.07) is 11.6. The molecule has 33 heavy (non-hydrogen) atoms. The minimum atomic E-state index is -0.200. The highest BCUT2D eigenvalue weighted by molar-refractivity contribution is 6.00. The van der Waals surface area contributed by atoms with Crippen LogP contribution < -0.4 is 10.1 Å². The molecule has 4 nitrogen and oxygen atoms in total. The topological polar surface area (TPSA) is 55.4 Å². The van der Waals surface area contributed by atoms with Gasteiger partial charge in [-0.15, -0.1) is 0 Å². The van der Waals surface area contributed by atoms with Gasteiger partial charge in [-0.3, -0.25) is 9.59 Å². The van der Waals surface area contributed by atoms with Crippen molar-refractivity contribution in [2.45, 2.75) is 97.3 Å². The number of unbranched alkanes of at least 4 members (excludes halogenated alkanes) is 10. The molecule has 0 heterocycles. The zero-order valence-corrected chi connectivity index (χ0v) is 20.8. The fraction of sp³-hybridized carbons (Fsp3) is 0.586. The van der Waals surface area contributed by atoms with Crippen LogP contribution in [0.2, 0.25) is 0 Å². The molecule has 0 spiro atoms. The lowest BCUT2D eigenvalue weighted by Gasteiger charge is -2.09. The molecule has 1 amide bonds. The molecule has 0 radical (unpaired) electrons. The first-order valence-electron chi connectivity index (χ1n) is 13.1. The van der Waals surface area contributed by atoms with Gasteiger partial charge >= 0.3 is 0 Å². The fourth-order valence-corrected chi connectivity index (χ4v) is 4.00. The van der Waals surface area contributed by atoms with Crippen LogP contribution in [0.5, 0.6) is 5.75 Å². The summed E-state index contributed by atoms with van der Waals surface area (Å²) in [6.45, 7) is 5.25. The Morgan fingerprint density at radius 2 is 1.33 bits per heavy atom. The Labute approximate surface area is 200 Å². The van der Waals surface area contributed by atoms with E-state index in [1.165, 1.54) is 44.9 Å². The molecule has 2 aromatic rings. The highest BCUT2D eigenvalue weighted by Gasteiger charge is 2.09. The third-order valence-corrected chi connectivity index (χ3v) is 6.10. The van der Waals surface area contributed by atoms with E-state index in [9.17, 15) is 9.59 Å². The van der Waals surface area contributed by atoms with Crippen LogP contribution in [-0.4, -0.2) is 24.8 Å². The van der Waals surface area contributed by atoms with E-state index < -0.39 is 0 Å². The molecule has 0 aliphatic heterocycles. The highest BCUT2D eigenvalue weighted by Crippen LogP contribution is 2.22. The third-order valence-electron chi connectivity index (χ3n) is 6.10. The molecule has 182 valence electrons. The van der Waals surface area contributed by atoms with Crippen LogP contribution in [0.4, 0.5) is 0 Å². The van der Waals surface area contributed by atoms with Crippen LogP contribution in [-0.2, 0) is 4.79 Å². The summed E-state index contributed by atoms with van der Waals surface area (Å²) in [5.74, 6) is 0.767. The Balaban J connectivity index is 1.72. The second-order valence-corrected chi connectivity index (χ2v) is 9.08. The summed E-state index contributed by atoms with van der Waals surface area (Å²) in [5.41, 5.74) is 0.578. The second-order valence-electron chi connectivity index (χ2n) is 9.08. The summed E-state index contributed by atoms with van der Waals surface area (Å²) >= 11 is 0. The van der Waals surface area contributed by atoms with Gasteiger partial charge in [-0.05, 0) is 47.9 Å². The number of Topliss-reactive ketones (excluding diaryl/α,β-unsaturated/α-hetero) is 1. The molecule has 0 saturated carbocycles. The van der Waals surface area contributed by atoms with Crippen molar-refractivity contribution in [2.75, 3.05) is 13.2 Å². The smallest absolute Gasteiger partial charge is 0.251 e. The molecule has 0 aromatic heterocycles. The molecule has 2 aromatic carbocycles. The van der Waals surface area contributed by atoms with E-state index in [0.29, 0.717) is 12.0 Å². The Morgan fingerprint density at radius 1 is 0.727 bits per heavy atom. The molecule has 4 heteroatoms. The Hall–Kier alpha value is -2.36. The van der Waals surface area contributed by atoms with Gasteiger partial charge in [0.1, 0.15) is 5.75 Å². The molecule has 0 atom stereocenters. The van der Waals surface area contributed by atoms with Crippen molar-refractivity contribution >= 4 is 22.5 Å². The van der Waals surface area contributed by atoms with Crippen LogP contribution in [0.15, 0.2) is 36.4 Å². The number of amides is 1. The lowest BCUT2D eigenvalue weighted by atomic mass is 10.1. The summed E-state index contributed by atoms with van der Waals surface area (Å²) in [4.78, 5) is 24.4. The molecule has 0 bridgehead atoms. The second kappa shape index (κ2) is 16.3. The molecule has 0 aliphatic rings. The van der Waals surface area contributed by atoms with Crippen LogP contribution in [0.25, 0.3) is 10.8 Å². The Kier molecular flexibility index (Phi) is 13.3. The number of benzene rings is 2. The molecule has 0 aliphatic carbocycles. The van der Waals surface area contributed by atoms with Crippen molar-refractivity contribution in [3.8, 4) is 5.75 Å². The first-order valence-corrected chi connectivity index (χ1v) is 13.1. The third kappa shape index (κ3) is 10.9. The number of ether oxygens (including phenoxy) is 1. The predicted octanol–water partition coefficient (Wildman–Crippen LogP) is 7.63. The van der Waals surface area contributed by atoms with Crippen molar-refractivity contribution in [2.24, 2.45) is 0 Å². The van der Waals surface area contributed by atoms with Crippen molar-refractivity contribution < 1.29 is 14.3 Å². The number of nitrogens with one attached hydrogen (secondary N) is 1. The largest absolute Gasteiger partial charge is 0.494 e. The monoisotopic (exact) mass is 453 g/mol. The minimum absolute atomic E-state index is 0.0959. The zero-order valence-electron chi connectivity index (χ0n) is 20.8. The highest BCUT2D eigenvalue weighted by atomic mass is 16.5. The number of carbonyl (C=O) groups is 2. The van der Waals surface area contributed by atoms with Crippen molar-refractivity contribution in [3.63, 3.8) is 0 Å². The van der Waals surface area contributed by atoms with Crippen LogP contribution >= 0.6 is 0 Å². The molecule has 1 N–H and O–H groups in total. The Morgan fingerprint density at radius 3 is 2.06 bits per heavy atom. The molecular weight excluding hydrogens is 410 g/mol. The number of ketones is 1. The molecule has 0 fully saturated rings. The Bertz CT molecular complexity index is 846. The van der Waals surface area contributed by atoms with Gasteiger partial charge in [0.25, 0.3) is 5.91 Å².